The molecular weight excluding hydrogens is 683 g/mol. The maximum atomic E-state index is 13.1. The number of aryl methyl sites for hydroxylation is 3. The van der Waals surface area contributed by atoms with Crippen LogP contribution in [0.5, 0.6) is 0 Å². The van der Waals surface area contributed by atoms with Crippen molar-refractivity contribution >= 4 is 33.9 Å². The van der Waals surface area contributed by atoms with Gasteiger partial charge in [0.05, 0.1) is 12.1 Å². The molecule has 7 aromatic rings. The molecule has 276 valence electrons. The summed E-state index contributed by atoms with van der Waals surface area (Å²) in [6.07, 6.45) is 5.53. The number of fused-ring (bicyclic) bond motifs is 2. The zero-order chi connectivity index (χ0) is 38.0. The van der Waals surface area contributed by atoms with Gasteiger partial charge in [-0.2, -0.15) is 0 Å². The van der Waals surface area contributed by atoms with Crippen molar-refractivity contribution in [3.8, 4) is 0 Å². The molecule has 0 fully saturated rings. The van der Waals surface area contributed by atoms with Gasteiger partial charge in [-0.05, 0) is 111 Å². The number of carbonyl (C=O) groups is 2. The van der Waals surface area contributed by atoms with Crippen LogP contribution in [0.15, 0.2) is 122 Å². The van der Waals surface area contributed by atoms with E-state index in [9.17, 15) is 18.4 Å². The Morgan fingerprint density at radius 3 is 1.85 bits per heavy atom. The van der Waals surface area contributed by atoms with Crippen molar-refractivity contribution in [2.24, 2.45) is 0 Å². The SMILES string of the molecule is C[C@H](NC(=O)CCc1cc2cccnc2[nH]1)c1ccc(F)cc1.Cc1ccc(Cn2c(CCC(=O)N[C@@H](C)c3ccc(F)cc3)cc3cccnc32)cc1. The summed E-state index contributed by atoms with van der Waals surface area (Å²) in [4.78, 5) is 36.7. The lowest BCUT2D eigenvalue weighted by Gasteiger charge is -2.15. The van der Waals surface area contributed by atoms with Crippen LogP contribution < -0.4 is 10.6 Å². The van der Waals surface area contributed by atoms with Gasteiger partial charge in [-0.3, -0.25) is 9.59 Å². The number of aromatic amines is 1. The number of benzene rings is 3. The zero-order valence-corrected chi connectivity index (χ0v) is 30.7. The molecular formula is C44H44F2N6O2. The highest BCUT2D eigenvalue weighted by molar-refractivity contribution is 5.80. The van der Waals surface area contributed by atoms with Crippen LogP contribution >= 0.6 is 0 Å². The van der Waals surface area contributed by atoms with Crippen LogP contribution in [0.25, 0.3) is 22.1 Å². The normalized spacial score (nSPS) is 12.2. The number of amides is 2. The molecule has 0 spiro atoms. The lowest BCUT2D eigenvalue weighted by atomic mass is 10.1. The first-order valence-corrected chi connectivity index (χ1v) is 18.1. The minimum atomic E-state index is -0.280. The quantitative estimate of drug-likeness (QED) is 0.117. The van der Waals surface area contributed by atoms with E-state index in [2.05, 4.69) is 67.4 Å². The molecule has 7 rings (SSSR count). The second-order valence-electron chi connectivity index (χ2n) is 13.5. The molecule has 3 aromatic carbocycles. The van der Waals surface area contributed by atoms with Crippen LogP contribution in [0.4, 0.5) is 8.78 Å². The summed E-state index contributed by atoms with van der Waals surface area (Å²) in [5, 5.41) is 8.06. The van der Waals surface area contributed by atoms with Gasteiger partial charge in [0, 0.05) is 53.9 Å². The van der Waals surface area contributed by atoms with Crippen molar-refractivity contribution in [2.75, 3.05) is 0 Å². The van der Waals surface area contributed by atoms with E-state index in [1.54, 1.807) is 36.7 Å². The first kappa shape index (κ1) is 37.6. The van der Waals surface area contributed by atoms with Crippen LogP contribution in [-0.4, -0.2) is 31.3 Å². The van der Waals surface area contributed by atoms with E-state index in [0.717, 1.165) is 44.6 Å². The highest BCUT2D eigenvalue weighted by Gasteiger charge is 2.15. The maximum absolute atomic E-state index is 13.1. The summed E-state index contributed by atoms with van der Waals surface area (Å²) in [6.45, 7) is 6.58. The number of H-pyrrole nitrogens is 1. The molecule has 0 saturated heterocycles. The van der Waals surface area contributed by atoms with Crippen LogP contribution in [-0.2, 0) is 29.0 Å². The van der Waals surface area contributed by atoms with Crippen molar-refractivity contribution < 1.29 is 18.4 Å². The first-order valence-electron chi connectivity index (χ1n) is 18.1. The molecule has 3 N–H and O–H groups in total. The molecule has 0 aliphatic heterocycles. The number of carbonyl (C=O) groups excluding carboxylic acids is 2. The number of hydrogen-bond acceptors (Lipinski definition) is 4. The standard InChI is InChI=1S/C26H26FN3O.C18H18FN3O/c1-18-5-7-20(8-6-18)17-30-24(16-22-4-3-15-28-26(22)30)13-14-25(31)29-19(2)21-9-11-23(27)12-10-21;1-12(13-4-6-15(19)7-5-13)21-17(23)9-8-16-11-14-3-2-10-20-18(14)22-16/h3-12,15-16,19H,13-14,17H2,1-2H3,(H,29,31);2-7,10-12H,8-9H2,1H3,(H,20,22)(H,21,23)/t19-;12-/m00/s1. The van der Waals surface area contributed by atoms with Gasteiger partial charge in [-0.1, -0.05) is 54.1 Å². The van der Waals surface area contributed by atoms with Crippen LogP contribution in [0, 0.1) is 18.6 Å². The third kappa shape index (κ3) is 10.0. The zero-order valence-electron chi connectivity index (χ0n) is 30.7. The lowest BCUT2D eigenvalue weighted by Crippen LogP contribution is -2.27. The van der Waals surface area contributed by atoms with E-state index in [0.29, 0.717) is 32.2 Å². The third-order valence-corrected chi connectivity index (χ3v) is 9.37. The molecule has 8 nitrogen and oxygen atoms in total. The minimum absolute atomic E-state index is 0.0306. The van der Waals surface area contributed by atoms with E-state index in [4.69, 9.17) is 0 Å². The Morgan fingerprint density at radius 1 is 0.704 bits per heavy atom. The number of hydrogen-bond donors (Lipinski definition) is 3. The largest absolute Gasteiger partial charge is 0.350 e. The van der Waals surface area contributed by atoms with Crippen LogP contribution in [0.3, 0.4) is 0 Å². The van der Waals surface area contributed by atoms with Gasteiger partial charge < -0.3 is 20.2 Å². The molecule has 2 atom stereocenters. The smallest absolute Gasteiger partial charge is 0.220 e. The maximum Gasteiger partial charge on any atom is 0.220 e. The molecule has 0 aliphatic carbocycles. The number of halogens is 2. The van der Waals surface area contributed by atoms with Gasteiger partial charge in [0.25, 0.3) is 0 Å². The number of nitrogens with zero attached hydrogens (tertiary/aromatic N) is 3. The van der Waals surface area contributed by atoms with E-state index in [1.807, 2.05) is 44.2 Å². The van der Waals surface area contributed by atoms with E-state index >= 15 is 0 Å². The lowest BCUT2D eigenvalue weighted by molar-refractivity contribution is -0.122. The Kier molecular flexibility index (Phi) is 12.2. The molecule has 10 heteroatoms. The topological polar surface area (TPSA) is 105 Å². The van der Waals surface area contributed by atoms with Crippen LogP contribution in [0.1, 0.15) is 72.4 Å². The second kappa shape index (κ2) is 17.6. The Morgan fingerprint density at radius 2 is 1.26 bits per heavy atom. The molecule has 2 amide bonds. The average molecular weight is 727 g/mol. The Balaban J connectivity index is 0.000000193. The first-order chi connectivity index (χ1) is 26.1. The summed E-state index contributed by atoms with van der Waals surface area (Å²) in [7, 11) is 0. The van der Waals surface area contributed by atoms with E-state index in [1.165, 1.54) is 35.4 Å². The fourth-order valence-electron chi connectivity index (χ4n) is 6.34. The Hall–Kier alpha value is -6.16. The van der Waals surface area contributed by atoms with Crippen molar-refractivity contribution in [3.05, 3.63) is 167 Å². The average Bonchev–Trinajstić information content (AvgIpc) is 3.75. The van der Waals surface area contributed by atoms with Gasteiger partial charge in [0.2, 0.25) is 11.8 Å². The third-order valence-electron chi connectivity index (χ3n) is 9.37. The molecule has 0 bridgehead atoms. The monoisotopic (exact) mass is 726 g/mol. The molecule has 0 saturated carbocycles. The summed E-state index contributed by atoms with van der Waals surface area (Å²) < 4.78 is 28.2. The molecule has 4 aromatic heterocycles. The molecule has 0 radical (unpaired) electrons. The number of pyridine rings is 2. The van der Waals surface area contributed by atoms with Crippen molar-refractivity contribution in [1.82, 2.24) is 30.2 Å². The van der Waals surface area contributed by atoms with Crippen molar-refractivity contribution in [1.29, 1.82) is 0 Å². The molecule has 0 unspecified atom stereocenters. The second-order valence-corrected chi connectivity index (χ2v) is 13.5. The fourth-order valence-corrected chi connectivity index (χ4v) is 6.34. The molecule has 4 heterocycles. The summed E-state index contributed by atoms with van der Waals surface area (Å²) in [6, 6.07) is 32.5. The highest BCUT2D eigenvalue weighted by Crippen LogP contribution is 2.22. The fraction of sp³-hybridized carbons (Fsp3) is 0.227. The molecule has 54 heavy (non-hydrogen) atoms. The van der Waals surface area contributed by atoms with Crippen LogP contribution in [0.2, 0.25) is 0 Å². The van der Waals surface area contributed by atoms with Crippen molar-refractivity contribution in [2.45, 2.75) is 65.1 Å². The number of aromatic nitrogens is 4. The van der Waals surface area contributed by atoms with Gasteiger partial charge in [0.15, 0.2) is 0 Å². The predicted octanol–water partition coefficient (Wildman–Crippen LogP) is 8.85. The minimum Gasteiger partial charge on any atom is -0.350 e. The number of nitrogens with one attached hydrogen (secondary N) is 3. The van der Waals surface area contributed by atoms with E-state index < -0.39 is 0 Å². The highest BCUT2D eigenvalue weighted by atomic mass is 19.1. The van der Waals surface area contributed by atoms with Gasteiger partial charge in [-0.25, -0.2) is 18.7 Å². The summed E-state index contributed by atoms with van der Waals surface area (Å²) in [5.74, 6) is -0.623. The Labute approximate surface area is 313 Å². The van der Waals surface area contributed by atoms with E-state index in [-0.39, 0.29) is 35.5 Å². The van der Waals surface area contributed by atoms with Gasteiger partial charge in [0.1, 0.15) is 22.9 Å². The van der Waals surface area contributed by atoms with Crippen molar-refractivity contribution in [3.63, 3.8) is 0 Å². The summed E-state index contributed by atoms with van der Waals surface area (Å²) in [5.41, 5.74) is 8.03. The van der Waals surface area contributed by atoms with Gasteiger partial charge in [-0.15, -0.1) is 0 Å². The predicted molar refractivity (Wildman–Crippen MR) is 209 cm³/mol. The summed E-state index contributed by atoms with van der Waals surface area (Å²) >= 11 is 0. The Bertz CT molecular complexity index is 2280. The molecule has 0 aliphatic rings. The number of rotatable bonds is 12. The van der Waals surface area contributed by atoms with Gasteiger partial charge >= 0.3 is 0 Å².